The Morgan fingerprint density at radius 1 is 1.38 bits per heavy atom. The van der Waals surface area contributed by atoms with Gasteiger partial charge in [0, 0.05) is 0 Å². The predicted octanol–water partition coefficient (Wildman–Crippen LogP) is 3.35. The molecule has 1 aliphatic heterocycles. The van der Waals surface area contributed by atoms with Gasteiger partial charge in [0.25, 0.3) is 0 Å². The molecule has 86 valence electrons. The summed E-state index contributed by atoms with van der Waals surface area (Å²) in [6.45, 7) is 4.01. The SMILES string of the molecule is CCC1(CC)CC(=O)c2cc(F)ccc2O1. The van der Waals surface area contributed by atoms with Gasteiger partial charge < -0.3 is 4.74 Å². The topological polar surface area (TPSA) is 26.3 Å². The van der Waals surface area contributed by atoms with E-state index >= 15 is 0 Å². The van der Waals surface area contributed by atoms with E-state index < -0.39 is 11.4 Å². The van der Waals surface area contributed by atoms with Crippen molar-refractivity contribution in [2.24, 2.45) is 0 Å². The van der Waals surface area contributed by atoms with Crippen LogP contribution in [-0.4, -0.2) is 11.4 Å². The average molecular weight is 222 g/mol. The summed E-state index contributed by atoms with van der Waals surface area (Å²) in [6, 6.07) is 4.13. The van der Waals surface area contributed by atoms with E-state index in [1.165, 1.54) is 12.1 Å². The number of hydrogen-bond donors (Lipinski definition) is 0. The molecule has 1 aromatic carbocycles. The summed E-state index contributed by atoms with van der Waals surface area (Å²) in [6.07, 6.45) is 1.91. The first kappa shape index (κ1) is 11.1. The Bertz CT molecular complexity index is 422. The summed E-state index contributed by atoms with van der Waals surface area (Å²) in [7, 11) is 0. The van der Waals surface area contributed by atoms with Crippen molar-refractivity contribution in [3.05, 3.63) is 29.6 Å². The van der Waals surface area contributed by atoms with Gasteiger partial charge in [0.15, 0.2) is 5.78 Å². The molecule has 3 heteroatoms. The van der Waals surface area contributed by atoms with Crippen LogP contribution in [0.4, 0.5) is 4.39 Å². The average Bonchev–Trinajstić information content (AvgIpc) is 2.30. The molecule has 1 aliphatic rings. The van der Waals surface area contributed by atoms with Gasteiger partial charge in [0.2, 0.25) is 0 Å². The smallest absolute Gasteiger partial charge is 0.170 e. The second-order valence-corrected chi connectivity index (χ2v) is 4.23. The summed E-state index contributed by atoms with van der Waals surface area (Å²) in [5.41, 5.74) is -0.0282. The minimum absolute atomic E-state index is 0.0237. The van der Waals surface area contributed by atoms with E-state index in [-0.39, 0.29) is 5.78 Å². The van der Waals surface area contributed by atoms with Crippen molar-refractivity contribution in [3.63, 3.8) is 0 Å². The van der Waals surface area contributed by atoms with Crippen LogP contribution in [0.1, 0.15) is 43.5 Å². The highest BCUT2D eigenvalue weighted by atomic mass is 19.1. The number of halogens is 1. The van der Waals surface area contributed by atoms with E-state index in [0.29, 0.717) is 17.7 Å². The first-order valence-electron chi connectivity index (χ1n) is 5.62. The highest BCUT2D eigenvalue weighted by Gasteiger charge is 2.37. The number of hydrogen-bond acceptors (Lipinski definition) is 2. The van der Waals surface area contributed by atoms with Gasteiger partial charge in [-0.25, -0.2) is 4.39 Å². The van der Waals surface area contributed by atoms with Gasteiger partial charge in [0.05, 0.1) is 12.0 Å². The lowest BCUT2D eigenvalue weighted by molar-refractivity contribution is 0.0348. The summed E-state index contributed by atoms with van der Waals surface area (Å²) in [5.74, 6) is 0.0991. The van der Waals surface area contributed by atoms with E-state index in [2.05, 4.69) is 0 Å². The minimum atomic E-state index is -0.401. The van der Waals surface area contributed by atoms with Crippen molar-refractivity contribution >= 4 is 5.78 Å². The van der Waals surface area contributed by atoms with Crippen LogP contribution in [0.5, 0.6) is 5.75 Å². The van der Waals surface area contributed by atoms with Gasteiger partial charge in [-0.3, -0.25) is 4.79 Å². The number of carbonyl (C=O) groups is 1. The van der Waals surface area contributed by atoms with Gasteiger partial charge in [0.1, 0.15) is 17.2 Å². The standard InChI is InChI=1S/C13H15FO2/c1-3-13(4-2)8-11(15)10-7-9(14)5-6-12(10)16-13/h5-7H,3-4,8H2,1-2H3. The molecule has 0 N–H and O–H groups in total. The maximum atomic E-state index is 13.0. The maximum absolute atomic E-state index is 13.0. The molecule has 16 heavy (non-hydrogen) atoms. The third-order valence-corrected chi connectivity index (χ3v) is 3.34. The number of carbonyl (C=O) groups excluding carboxylic acids is 1. The largest absolute Gasteiger partial charge is 0.486 e. The maximum Gasteiger partial charge on any atom is 0.170 e. The molecule has 0 saturated carbocycles. The Hall–Kier alpha value is -1.38. The summed E-state index contributed by atoms with van der Waals surface area (Å²) >= 11 is 0. The van der Waals surface area contributed by atoms with Crippen LogP contribution in [0.15, 0.2) is 18.2 Å². The molecule has 2 nitrogen and oxygen atoms in total. The molecule has 0 radical (unpaired) electrons. The zero-order valence-corrected chi connectivity index (χ0v) is 9.55. The zero-order chi connectivity index (χ0) is 11.8. The molecule has 0 aliphatic carbocycles. The molecule has 0 saturated heterocycles. The second kappa shape index (κ2) is 3.89. The molecule has 0 amide bonds. The van der Waals surface area contributed by atoms with Crippen LogP contribution in [0.25, 0.3) is 0 Å². The van der Waals surface area contributed by atoms with Crippen molar-refractivity contribution < 1.29 is 13.9 Å². The molecular formula is C13H15FO2. The molecule has 1 aromatic rings. The molecule has 1 heterocycles. The molecule has 0 bridgehead atoms. The van der Waals surface area contributed by atoms with Crippen LogP contribution in [-0.2, 0) is 0 Å². The second-order valence-electron chi connectivity index (χ2n) is 4.23. The Kier molecular flexibility index (Phi) is 2.70. The van der Waals surface area contributed by atoms with E-state index in [1.54, 1.807) is 6.07 Å². The first-order chi connectivity index (χ1) is 7.60. The van der Waals surface area contributed by atoms with Crippen molar-refractivity contribution in [1.82, 2.24) is 0 Å². The molecule has 0 unspecified atom stereocenters. The molecule has 0 spiro atoms. The monoisotopic (exact) mass is 222 g/mol. The zero-order valence-electron chi connectivity index (χ0n) is 9.55. The number of ether oxygens (including phenoxy) is 1. The highest BCUT2D eigenvalue weighted by Crippen LogP contribution is 2.37. The molecule has 0 atom stereocenters. The number of fused-ring (bicyclic) bond motifs is 1. The molecule has 2 rings (SSSR count). The van der Waals surface area contributed by atoms with Crippen molar-refractivity contribution in [3.8, 4) is 5.75 Å². The Morgan fingerprint density at radius 3 is 2.69 bits per heavy atom. The van der Waals surface area contributed by atoms with Crippen LogP contribution >= 0.6 is 0 Å². The molecule has 0 aromatic heterocycles. The van der Waals surface area contributed by atoms with Gasteiger partial charge in [-0.15, -0.1) is 0 Å². The lowest BCUT2D eigenvalue weighted by Crippen LogP contribution is -2.40. The Labute approximate surface area is 94.4 Å². The van der Waals surface area contributed by atoms with E-state index in [0.717, 1.165) is 12.8 Å². The van der Waals surface area contributed by atoms with E-state index in [1.807, 2.05) is 13.8 Å². The van der Waals surface area contributed by atoms with Crippen molar-refractivity contribution in [2.75, 3.05) is 0 Å². The fourth-order valence-corrected chi connectivity index (χ4v) is 2.11. The van der Waals surface area contributed by atoms with E-state index in [9.17, 15) is 9.18 Å². The molecule has 0 fully saturated rings. The summed E-state index contributed by atoms with van der Waals surface area (Å²) < 4.78 is 18.9. The first-order valence-corrected chi connectivity index (χ1v) is 5.62. The lowest BCUT2D eigenvalue weighted by atomic mass is 9.86. The number of benzene rings is 1. The van der Waals surface area contributed by atoms with Crippen LogP contribution < -0.4 is 4.74 Å². The number of ketones is 1. The summed E-state index contributed by atoms with van der Waals surface area (Å²) in [5, 5.41) is 0. The van der Waals surface area contributed by atoms with Gasteiger partial charge in [-0.2, -0.15) is 0 Å². The lowest BCUT2D eigenvalue weighted by Gasteiger charge is -2.36. The Morgan fingerprint density at radius 2 is 2.06 bits per heavy atom. The minimum Gasteiger partial charge on any atom is -0.486 e. The fraction of sp³-hybridized carbons (Fsp3) is 0.462. The predicted molar refractivity (Wildman–Crippen MR) is 59.3 cm³/mol. The van der Waals surface area contributed by atoms with Gasteiger partial charge >= 0.3 is 0 Å². The number of rotatable bonds is 2. The van der Waals surface area contributed by atoms with Gasteiger partial charge in [-0.1, -0.05) is 13.8 Å². The quantitative estimate of drug-likeness (QED) is 0.767. The van der Waals surface area contributed by atoms with Crippen molar-refractivity contribution in [2.45, 2.75) is 38.7 Å². The normalized spacial score (nSPS) is 17.8. The highest BCUT2D eigenvalue weighted by molar-refractivity contribution is 6.00. The van der Waals surface area contributed by atoms with Crippen LogP contribution in [0.2, 0.25) is 0 Å². The van der Waals surface area contributed by atoms with E-state index in [4.69, 9.17) is 4.74 Å². The van der Waals surface area contributed by atoms with Crippen LogP contribution in [0.3, 0.4) is 0 Å². The Balaban J connectivity index is 2.44. The molecular weight excluding hydrogens is 207 g/mol. The van der Waals surface area contributed by atoms with Gasteiger partial charge in [-0.05, 0) is 31.0 Å². The van der Waals surface area contributed by atoms with Crippen molar-refractivity contribution in [1.29, 1.82) is 0 Å². The fourth-order valence-electron chi connectivity index (χ4n) is 2.11. The third kappa shape index (κ3) is 1.70. The number of Topliss-reactive ketones (excluding diaryl/α,β-unsaturated/α-hetero) is 1. The van der Waals surface area contributed by atoms with Crippen LogP contribution in [0, 0.1) is 5.82 Å². The summed E-state index contributed by atoms with van der Waals surface area (Å²) in [4.78, 5) is 11.9. The third-order valence-electron chi connectivity index (χ3n) is 3.34.